The Morgan fingerprint density at radius 1 is 1.23 bits per heavy atom. The molecule has 2 heterocycles. The molecule has 2 aliphatic heterocycles. The number of ketones is 1. The van der Waals surface area contributed by atoms with Crippen LogP contribution in [-0.4, -0.2) is 37.0 Å². The fourth-order valence-electron chi connectivity index (χ4n) is 4.26. The van der Waals surface area contributed by atoms with Gasteiger partial charge in [-0.25, -0.2) is 4.79 Å². The van der Waals surface area contributed by atoms with Crippen LogP contribution in [-0.2, 0) is 29.3 Å². The standard InChI is InChI=1S/C20H22O6/c1-11-12(2)19(4,26-17(11)22)20(10-25-18(23)16(20)13(3)21)14-8-6-7-9-15(14)24-5/h6-9,16H,10H2,1-5H3/t16-,19?,20+/m1/s1. The molecule has 0 amide bonds. The minimum absolute atomic E-state index is 0.0785. The van der Waals surface area contributed by atoms with Gasteiger partial charge in [0.25, 0.3) is 0 Å². The predicted octanol–water partition coefficient (Wildman–Crippen LogP) is 2.35. The van der Waals surface area contributed by atoms with E-state index in [1.54, 1.807) is 45.0 Å². The van der Waals surface area contributed by atoms with Crippen LogP contribution >= 0.6 is 0 Å². The molecule has 3 atom stereocenters. The highest BCUT2D eigenvalue weighted by Crippen LogP contribution is 2.56. The molecule has 0 aromatic heterocycles. The summed E-state index contributed by atoms with van der Waals surface area (Å²) in [6, 6.07) is 7.14. The summed E-state index contributed by atoms with van der Waals surface area (Å²) in [6.07, 6.45) is 0. The van der Waals surface area contributed by atoms with Gasteiger partial charge in [-0.3, -0.25) is 9.59 Å². The van der Waals surface area contributed by atoms with Gasteiger partial charge in [-0.1, -0.05) is 18.2 Å². The SMILES string of the molecule is COc1ccccc1[C@@]1(C2(C)OC(=O)C(C)=C2C)COC(=O)[C@H]1C(C)=O. The average molecular weight is 358 g/mol. The van der Waals surface area contributed by atoms with Crippen LogP contribution in [0.1, 0.15) is 33.3 Å². The summed E-state index contributed by atoms with van der Waals surface area (Å²) in [6.45, 7) is 6.48. The van der Waals surface area contributed by atoms with Gasteiger partial charge in [-0.2, -0.15) is 0 Å². The fraction of sp³-hybridized carbons (Fsp3) is 0.450. The molecule has 1 unspecified atom stereocenters. The first-order valence-corrected chi connectivity index (χ1v) is 8.42. The van der Waals surface area contributed by atoms with Gasteiger partial charge in [-0.05, 0) is 39.3 Å². The van der Waals surface area contributed by atoms with Gasteiger partial charge >= 0.3 is 11.9 Å². The van der Waals surface area contributed by atoms with Crippen LogP contribution in [0.4, 0.5) is 0 Å². The largest absolute Gasteiger partial charge is 0.496 e. The van der Waals surface area contributed by atoms with Crippen molar-refractivity contribution in [3.05, 3.63) is 41.0 Å². The second kappa shape index (κ2) is 5.97. The van der Waals surface area contributed by atoms with E-state index in [2.05, 4.69) is 0 Å². The van der Waals surface area contributed by atoms with Gasteiger partial charge in [-0.15, -0.1) is 0 Å². The Labute approximate surface area is 152 Å². The lowest BCUT2D eigenvalue weighted by Crippen LogP contribution is -2.57. The third-order valence-electron chi connectivity index (χ3n) is 5.90. The number of carbonyl (C=O) groups excluding carboxylic acids is 3. The summed E-state index contributed by atoms with van der Waals surface area (Å²) >= 11 is 0. The van der Waals surface area contributed by atoms with Crippen LogP contribution in [0.3, 0.4) is 0 Å². The first-order chi connectivity index (χ1) is 12.2. The van der Waals surface area contributed by atoms with E-state index in [9.17, 15) is 14.4 Å². The second-order valence-corrected chi connectivity index (χ2v) is 7.00. The van der Waals surface area contributed by atoms with Gasteiger partial charge in [0.05, 0.1) is 12.5 Å². The molecule has 0 N–H and O–H groups in total. The molecule has 3 rings (SSSR count). The zero-order valence-corrected chi connectivity index (χ0v) is 15.5. The molecule has 1 aromatic carbocycles. The molecule has 1 fully saturated rings. The number of Topliss-reactive ketones (excluding diaryl/α,β-unsaturated/α-hetero) is 1. The third-order valence-corrected chi connectivity index (χ3v) is 5.90. The number of esters is 2. The van der Waals surface area contributed by atoms with Crippen LogP contribution in [0.15, 0.2) is 35.4 Å². The molecule has 0 aliphatic carbocycles. The van der Waals surface area contributed by atoms with E-state index in [4.69, 9.17) is 14.2 Å². The normalized spacial score (nSPS) is 31.0. The number of para-hydroxylation sites is 1. The zero-order valence-electron chi connectivity index (χ0n) is 15.5. The van der Waals surface area contributed by atoms with Crippen molar-refractivity contribution in [3.8, 4) is 5.75 Å². The van der Waals surface area contributed by atoms with Crippen molar-refractivity contribution in [2.75, 3.05) is 13.7 Å². The van der Waals surface area contributed by atoms with Crippen LogP contribution in [0, 0.1) is 5.92 Å². The molecule has 138 valence electrons. The number of hydrogen-bond acceptors (Lipinski definition) is 6. The highest BCUT2D eigenvalue weighted by atomic mass is 16.6. The maximum Gasteiger partial charge on any atom is 0.334 e. The summed E-state index contributed by atoms with van der Waals surface area (Å²) in [7, 11) is 1.52. The van der Waals surface area contributed by atoms with E-state index >= 15 is 0 Å². The van der Waals surface area contributed by atoms with Crippen molar-refractivity contribution in [2.24, 2.45) is 5.92 Å². The summed E-state index contributed by atoms with van der Waals surface area (Å²) < 4.78 is 16.7. The van der Waals surface area contributed by atoms with E-state index in [1.807, 2.05) is 0 Å². The van der Waals surface area contributed by atoms with E-state index < -0.39 is 28.9 Å². The molecule has 1 saturated heterocycles. The van der Waals surface area contributed by atoms with E-state index in [0.717, 1.165) is 0 Å². The molecule has 0 bridgehead atoms. The summed E-state index contributed by atoms with van der Waals surface area (Å²) in [5.74, 6) is -2.00. The van der Waals surface area contributed by atoms with Gasteiger partial charge < -0.3 is 14.2 Å². The summed E-state index contributed by atoms with van der Waals surface area (Å²) in [5, 5.41) is 0. The van der Waals surface area contributed by atoms with E-state index in [0.29, 0.717) is 22.5 Å². The smallest absolute Gasteiger partial charge is 0.334 e. The molecule has 0 saturated carbocycles. The Morgan fingerprint density at radius 2 is 1.88 bits per heavy atom. The minimum Gasteiger partial charge on any atom is -0.496 e. The Bertz CT molecular complexity index is 838. The molecular weight excluding hydrogens is 336 g/mol. The van der Waals surface area contributed by atoms with Gasteiger partial charge in [0.2, 0.25) is 0 Å². The lowest BCUT2D eigenvalue weighted by Gasteiger charge is -2.45. The minimum atomic E-state index is -1.22. The van der Waals surface area contributed by atoms with E-state index in [-0.39, 0.29) is 12.4 Å². The Balaban J connectivity index is 2.38. The van der Waals surface area contributed by atoms with Gasteiger partial charge in [0, 0.05) is 11.1 Å². The number of hydrogen-bond donors (Lipinski definition) is 0. The predicted molar refractivity (Wildman–Crippen MR) is 92.7 cm³/mol. The molecular formula is C20H22O6. The number of cyclic esters (lactones) is 2. The molecule has 26 heavy (non-hydrogen) atoms. The summed E-state index contributed by atoms with van der Waals surface area (Å²) in [5.41, 5.74) is -0.662. The average Bonchev–Trinajstić information content (AvgIpc) is 3.07. The second-order valence-electron chi connectivity index (χ2n) is 7.00. The monoisotopic (exact) mass is 358 g/mol. The molecule has 0 radical (unpaired) electrons. The number of rotatable bonds is 4. The first kappa shape index (κ1) is 18.2. The van der Waals surface area contributed by atoms with Crippen molar-refractivity contribution in [1.82, 2.24) is 0 Å². The van der Waals surface area contributed by atoms with Crippen LogP contribution in [0.25, 0.3) is 0 Å². The van der Waals surface area contributed by atoms with Crippen LogP contribution in [0.2, 0.25) is 0 Å². The molecule has 2 aliphatic rings. The molecule has 6 heteroatoms. The zero-order chi connectivity index (χ0) is 19.3. The lowest BCUT2D eigenvalue weighted by molar-refractivity contribution is -0.156. The maximum absolute atomic E-state index is 12.5. The fourth-order valence-corrected chi connectivity index (χ4v) is 4.26. The molecule has 0 spiro atoms. The van der Waals surface area contributed by atoms with Crippen molar-refractivity contribution < 1.29 is 28.6 Å². The number of ether oxygens (including phenoxy) is 3. The molecule has 1 aromatic rings. The van der Waals surface area contributed by atoms with Crippen molar-refractivity contribution in [1.29, 1.82) is 0 Å². The van der Waals surface area contributed by atoms with Crippen molar-refractivity contribution in [3.63, 3.8) is 0 Å². The van der Waals surface area contributed by atoms with Crippen LogP contribution < -0.4 is 4.74 Å². The Kier molecular flexibility index (Phi) is 4.17. The van der Waals surface area contributed by atoms with Crippen molar-refractivity contribution >= 4 is 17.7 Å². The highest BCUT2D eigenvalue weighted by molar-refractivity contribution is 6.02. The Morgan fingerprint density at radius 3 is 2.42 bits per heavy atom. The van der Waals surface area contributed by atoms with Gasteiger partial charge in [0.15, 0.2) is 0 Å². The summed E-state index contributed by atoms with van der Waals surface area (Å²) in [4.78, 5) is 37.4. The quantitative estimate of drug-likeness (QED) is 0.607. The topological polar surface area (TPSA) is 78.9 Å². The van der Waals surface area contributed by atoms with Crippen LogP contribution in [0.5, 0.6) is 5.75 Å². The van der Waals surface area contributed by atoms with Gasteiger partial charge in [0.1, 0.15) is 29.7 Å². The lowest BCUT2D eigenvalue weighted by atomic mass is 9.58. The third kappa shape index (κ3) is 2.14. The van der Waals surface area contributed by atoms with Crippen molar-refractivity contribution in [2.45, 2.75) is 38.7 Å². The number of carbonyl (C=O) groups is 3. The maximum atomic E-state index is 12.5. The highest BCUT2D eigenvalue weighted by Gasteiger charge is 2.68. The number of benzene rings is 1. The first-order valence-electron chi connectivity index (χ1n) is 8.42. The number of methoxy groups -OCH3 is 1. The Hall–Kier alpha value is -2.63. The molecule has 6 nitrogen and oxygen atoms in total. The van der Waals surface area contributed by atoms with E-state index in [1.165, 1.54) is 14.0 Å².